The number of H-pyrrole nitrogens is 1. The summed E-state index contributed by atoms with van der Waals surface area (Å²) in [5.74, 6) is 1.72. The van der Waals surface area contributed by atoms with Crippen molar-refractivity contribution in [2.75, 3.05) is 31.1 Å². The summed E-state index contributed by atoms with van der Waals surface area (Å²) < 4.78 is 3.50. The summed E-state index contributed by atoms with van der Waals surface area (Å²) in [5.41, 5.74) is 0.0379. The molecule has 10 heteroatoms. The number of carbonyl (C=O) groups is 1. The van der Waals surface area contributed by atoms with Crippen molar-refractivity contribution < 1.29 is 4.79 Å². The van der Waals surface area contributed by atoms with Crippen molar-refractivity contribution in [3.8, 4) is 0 Å². The Bertz CT molecular complexity index is 1270. The van der Waals surface area contributed by atoms with Gasteiger partial charge in [-0.3, -0.25) is 19.1 Å². The molecule has 0 aliphatic carbocycles. The molecule has 1 N–H and O–H groups in total. The van der Waals surface area contributed by atoms with Crippen LogP contribution in [0.5, 0.6) is 0 Å². The first-order valence-corrected chi connectivity index (χ1v) is 13.2. The average Bonchev–Trinajstić information content (AvgIpc) is 3.26. The van der Waals surface area contributed by atoms with E-state index in [9.17, 15) is 14.4 Å². The topological polar surface area (TPSA) is 109 Å². The van der Waals surface area contributed by atoms with Crippen LogP contribution in [0.1, 0.15) is 58.2 Å². The second-order valence-electron chi connectivity index (χ2n) is 9.38. The molecule has 1 aliphatic heterocycles. The molecule has 3 aromatic rings. The number of anilines is 1. The number of nitrogens with one attached hydrogen (secondary N) is 1. The van der Waals surface area contributed by atoms with Gasteiger partial charge in [0.05, 0.1) is 0 Å². The number of carbonyl (C=O) groups excluding carboxylic acids is 1. The van der Waals surface area contributed by atoms with Gasteiger partial charge in [-0.25, -0.2) is 14.8 Å². The van der Waals surface area contributed by atoms with Crippen LogP contribution in [0, 0.1) is 0 Å². The smallest absolute Gasteiger partial charge is 0.330 e. The number of fused-ring (bicyclic) bond motifs is 1. The van der Waals surface area contributed by atoms with Crippen molar-refractivity contribution in [2.45, 2.75) is 71.9 Å². The monoisotopic (exact) mass is 495 g/mol. The maximum absolute atomic E-state index is 13.1. The van der Waals surface area contributed by atoms with Gasteiger partial charge in [0.15, 0.2) is 11.2 Å². The molecule has 0 aromatic carbocycles. The van der Waals surface area contributed by atoms with E-state index in [0.29, 0.717) is 56.0 Å². The first-order chi connectivity index (χ1) is 17.5. The molecule has 194 valence electrons. The number of unbranched alkanes of at least 4 members (excludes halogenated alkanes) is 3. The summed E-state index contributed by atoms with van der Waals surface area (Å²) in [6.07, 6.45) is 7.28. The first kappa shape index (κ1) is 25.7. The van der Waals surface area contributed by atoms with E-state index in [1.54, 1.807) is 10.8 Å². The molecule has 1 aliphatic rings. The number of imidazole rings is 1. The molecule has 0 unspecified atom stereocenters. The molecular weight excluding hydrogens is 458 g/mol. The summed E-state index contributed by atoms with van der Waals surface area (Å²) in [6, 6.07) is 5.86. The average molecular weight is 496 g/mol. The second kappa shape index (κ2) is 12.0. The number of piperazine rings is 1. The molecule has 3 aromatic heterocycles. The quantitative estimate of drug-likeness (QED) is 0.410. The van der Waals surface area contributed by atoms with Crippen molar-refractivity contribution in [3.05, 3.63) is 51.1 Å². The van der Waals surface area contributed by atoms with Crippen LogP contribution >= 0.6 is 0 Å². The number of hydrogen-bond acceptors (Lipinski definition) is 6. The number of pyridine rings is 1. The SMILES string of the molecule is CCCCCn1c(CCC(=O)N2CCN(c3ccccn3)CC2)nc2c1c(=O)[nH]c(=O)n2CCCC. The van der Waals surface area contributed by atoms with Crippen LogP contribution in [0.2, 0.25) is 0 Å². The lowest BCUT2D eigenvalue weighted by Crippen LogP contribution is -2.49. The van der Waals surface area contributed by atoms with Gasteiger partial charge in [-0.15, -0.1) is 0 Å². The fraction of sp³-hybridized carbons (Fsp3) is 0.577. The zero-order valence-corrected chi connectivity index (χ0v) is 21.4. The minimum atomic E-state index is -0.424. The van der Waals surface area contributed by atoms with E-state index >= 15 is 0 Å². The summed E-state index contributed by atoms with van der Waals surface area (Å²) in [7, 11) is 0. The molecule has 10 nitrogen and oxygen atoms in total. The Hall–Kier alpha value is -3.43. The van der Waals surface area contributed by atoms with Gasteiger partial charge in [-0.1, -0.05) is 39.2 Å². The summed E-state index contributed by atoms with van der Waals surface area (Å²) >= 11 is 0. The molecule has 4 rings (SSSR count). The van der Waals surface area contributed by atoms with Crippen LogP contribution in [0.3, 0.4) is 0 Å². The van der Waals surface area contributed by atoms with Crippen molar-refractivity contribution in [1.82, 2.24) is 29.0 Å². The fourth-order valence-corrected chi connectivity index (χ4v) is 4.80. The lowest BCUT2D eigenvalue weighted by atomic mass is 10.2. The highest BCUT2D eigenvalue weighted by Gasteiger charge is 2.23. The van der Waals surface area contributed by atoms with Gasteiger partial charge in [0.25, 0.3) is 5.56 Å². The number of hydrogen-bond donors (Lipinski definition) is 1. The third-order valence-electron chi connectivity index (χ3n) is 6.85. The van der Waals surface area contributed by atoms with E-state index < -0.39 is 11.2 Å². The Morgan fingerprint density at radius 3 is 2.42 bits per heavy atom. The van der Waals surface area contributed by atoms with Crippen LogP contribution in [-0.2, 0) is 24.3 Å². The summed E-state index contributed by atoms with van der Waals surface area (Å²) in [5, 5.41) is 0. The Morgan fingerprint density at radius 1 is 0.972 bits per heavy atom. The Labute approximate surface area is 211 Å². The van der Waals surface area contributed by atoms with Crippen molar-refractivity contribution in [2.24, 2.45) is 0 Å². The van der Waals surface area contributed by atoms with Gasteiger partial charge in [-0.2, -0.15) is 0 Å². The summed E-state index contributed by atoms with van der Waals surface area (Å²) in [6.45, 7) is 8.14. The standard InChI is InChI=1S/C26H37N7O3/c1-3-5-9-15-32-21(28-24-23(32)25(35)29-26(36)33(24)14-6-4-2)11-12-22(34)31-18-16-30(17-19-31)20-10-7-8-13-27-20/h7-8,10,13H,3-6,9,11-12,14-19H2,1-2H3,(H,29,35,36). The highest BCUT2D eigenvalue weighted by atomic mass is 16.2. The summed E-state index contributed by atoms with van der Waals surface area (Å²) in [4.78, 5) is 54.1. The molecule has 0 saturated carbocycles. The number of aryl methyl sites for hydroxylation is 3. The highest BCUT2D eigenvalue weighted by Crippen LogP contribution is 2.17. The Morgan fingerprint density at radius 2 is 1.72 bits per heavy atom. The maximum Gasteiger partial charge on any atom is 0.330 e. The predicted octanol–water partition coefficient (Wildman–Crippen LogP) is 2.55. The maximum atomic E-state index is 13.1. The van der Waals surface area contributed by atoms with Crippen LogP contribution < -0.4 is 16.1 Å². The number of rotatable bonds is 11. The molecule has 0 radical (unpaired) electrons. The fourth-order valence-electron chi connectivity index (χ4n) is 4.80. The van der Waals surface area contributed by atoms with Gasteiger partial charge in [0.2, 0.25) is 5.91 Å². The van der Waals surface area contributed by atoms with Crippen molar-refractivity contribution in [3.63, 3.8) is 0 Å². The molecule has 1 saturated heterocycles. The second-order valence-corrected chi connectivity index (χ2v) is 9.38. The van der Waals surface area contributed by atoms with E-state index in [1.807, 2.05) is 27.7 Å². The van der Waals surface area contributed by atoms with E-state index in [-0.39, 0.29) is 5.91 Å². The van der Waals surface area contributed by atoms with Crippen LogP contribution in [0.25, 0.3) is 11.2 Å². The molecule has 36 heavy (non-hydrogen) atoms. The van der Waals surface area contributed by atoms with Gasteiger partial charge in [0, 0.05) is 58.3 Å². The molecule has 4 heterocycles. The number of aromatic nitrogens is 5. The van der Waals surface area contributed by atoms with E-state index in [1.165, 1.54) is 0 Å². The largest absolute Gasteiger partial charge is 0.353 e. The zero-order valence-electron chi connectivity index (χ0n) is 21.4. The molecule has 0 bridgehead atoms. The van der Waals surface area contributed by atoms with Crippen molar-refractivity contribution >= 4 is 22.9 Å². The number of amides is 1. The van der Waals surface area contributed by atoms with Crippen LogP contribution in [-0.4, -0.2) is 61.1 Å². The Kier molecular flexibility index (Phi) is 8.56. The molecule has 1 fully saturated rings. The Balaban J connectivity index is 1.50. The first-order valence-electron chi connectivity index (χ1n) is 13.2. The van der Waals surface area contributed by atoms with E-state index in [4.69, 9.17) is 4.98 Å². The molecule has 0 atom stereocenters. The van der Waals surface area contributed by atoms with E-state index in [2.05, 4.69) is 28.7 Å². The van der Waals surface area contributed by atoms with Crippen LogP contribution in [0.15, 0.2) is 34.0 Å². The third kappa shape index (κ3) is 5.68. The lowest BCUT2D eigenvalue weighted by molar-refractivity contribution is -0.131. The number of aromatic amines is 1. The van der Waals surface area contributed by atoms with Gasteiger partial charge in [-0.05, 0) is 25.0 Å². The van der Waals surface area contributed by atoms with Gasteiger partial charge < -0.3 is 14.4 Å². The van der Waals surface area contributed by atoms with Crippen molar-refractivity contribution in [1.29, 1.82) is 0 Å². The van der Waals surface area contributed by atoms with Crippen LogP contribution in [0.4, 0.5) is 5.82 Å². The molecule has 1 amide bonds. The minimum absolute atomic E-state index is 0.0834. The van der Waals surface area contributed by atoms with Gasteiger partial charge in [0.1, 0.15) is 11.6 Å². The van der Waals surface area contributed by atoms with E-state index in [0.717, 1.165) is 51.0 Å². The minimum Gasteiger partial charge on any atom is -0.353 e. The predicted molar refractivity (Wildman–Crippen MR) is 140 cm³/mol. The third-order valence-corrected chi connectivity index (χ3v) is 6.85. The molecule has 0 spiro atoms. The lowest BCUT2D eigenvalue weighted by Gasteiger charge is -2.35. The zero-order chi connectivity index (χ0) is 25.5. The highest BCUT2D eigenvalue weighted by molar-refractivity contribution is 5.77. The van der Waals surface area contributed by atoms with Gasteiger partial charge >= 0.3 is 5.69 Å². The number of nitrogens with zero attached hydrogens (tertiary/aromatic N) is 6. The molecular formula is C26H37N7O3. The normalized spacial score (nSPS) is 14.1.